The maximum absolute atomic E-state index is 11.9. The molecule has 1 heterocycles. The molecule has 0 bridgehead atoms. The van der Waals surface area contributed by atoms with Crippen molar-refractivity contribution in [3.63, 3.8) is 0 Å². The van der Waals surface area contributed by atoms with Gasteiger partial charge in [-0.1, -0.05) is 29.8 Å². The Kier molecular flexibility index (Phi) is 4.52. The largest absolute Gasteiger partial charge is 0.464 e. The van der Waals surface area contributed by atoms with Crippen LogP contribution in [0.4, 0.5) is 0 Å². The highest BCUT2D eigenvalue weighted by atomic mass is 32.1. The van der Waals surface area contributed by atoms with E-state index in [2.05, 4.69) is 11.1 Å². The van der Waals surface area contributed by atoms with Gasteiger partial charge in [-0.2, -0.15) is 0 Å². The molecule has 4 nitrogen and oxygen atoms in total. The van der Waals surface area contributed by atoms with Crippen LogP contribution in [0.5, 0.6) is 0 Å². The summed E-state index contributed by atoms with van der Waals surface area (Å²) in [5.74, 6) is -0.386. The van der Waals surface area contributed by atoms with Gasteiger partial charge in [-0.25, -0.2) is 9.78 Å². The van der Waals surface area contributed by atoms with Gasteiger partial charge in [0.15, 0.2) is 5.69 Å². The first kappa shape index (κ1) is 14.7. The van der Waals surface area contributed by atoms with Crippen molar-refractivity contribution < 1.29 is 9.53 Å². The van der Waals surface area contributed by atoms with Gasteiger partial charge in [0, 0.05) is 6.54 Å². The molecule has 0 radical (unpaired) electrons. The first-order chi connectivity index (χ1) is 9.51. The zero-order valence-corrected chi connectivity index (χ0v) is 13.0. The number of hydrogen-bond acceptors (Lipinski definition) is 5. The molecule has 0 saturated carbocycles. The van der Waals surface area contributed by atoms with Crippen LogP contribution in [-0.2, 0) is 11.3 Å². The Balaban J connectivity index is 2.49. The Morgan fingerprint density at radius 2 is 2.15 bits per heavy atom. The van der Waals surface area contributed by atoms with Gasteiger partial charge in [-0.3, -0.25) is 0 Å². The molecule has 0 saturated heterocycles. The van der Waals surface area contributed by atoms with Gasteiger partial charge in [-0.05, 0) is 26.6 Å². The highest BCUT2D eigenvalue weighted by Gasteiger charge is 2.20. The smallest absolute Gasteiger partial charge is 0.358 e. The fourth-order valence-corrected chi connectivity index (χ4v) is 3.09. The van der Waals surface area contributed by atoms with Crippen molar-refractivity contribution >= 4 is 17.3 Å². The van der Waals surface area contributed by atoms with E-state index < -0.39 is 0 Å². The predicted octanol–water partition coefficient (Wildman–Crippen LogP) is 2.97. The van der Waals surface area contributed by atoms with E-state index in [0.29, 0.717) is 12.2 Å². The number of thiazole rings is 1. The van der Waals surface area contributed by atoms with Crippen LogP contribution in [0.2, 0.25) is 0 Å². The van der Waals surface area contributed by atoms with Crippen LogP contribution >= 0.6 is 11.3 Å². The first-order valence-corrected chi connectivity index (χ1v) is 7.12. The Morgan fingerprint density at radius 3 is 2.75 bits per heavy atom. The van der Waals surface area contributed by atoms with Crippen molar-refractivity contribution in [2.75, 3.05) is 21.2 Å². The van der Waals surface area contributed by atoms with Crippen LogP contribution < -0.4 is 0 Å². The molecule has 0 aliphatic rings. The quantitative estimate of drug-likeness (QED) is 0.812. The summed E-state index contributed by atoms with van der Waals surface area (Å²) in [7, 11) is 5.34. The van der Waals surface area contributed by atoms with E-state index in [-0.39, 0.29) is 5.97 Å². The first-order valence-electron chi connectivity index (χ1n) is 6.31. The summed E-state index contributed by atoms with van der Waals surface area (Å²) in [6, 6.07) is 8.06. The minimum absolute atomic E-state index is 0.386. The molecular formula is C15H18N2O2S. The number of nitrogens with zero attached hydrogens (tertiary/aromatic N) is 2. The lowest BCUT2D eigenvalue weighted by Crippen LogP contribution is -2.11. The number of ether oxygens (including phenoxy) is 1. The van der Waals surface area contributed by atoms with Gasteiger partial charge in [0.1, 0.15) is 5.01 Å². The lowest BCUT2D eigenvalue weighted by molar-refractivity contribution is 0.0595. The molecule has 0 atom stereocenters. The van der Waals surface area contributed by atoms with Crippen molar-refractivity contribution in [2.45, 2.75) is 13.5 Å². The lowest BCUT2D eigenvalue weighted by atomic mass is 10.1. The number of methoxy groups -OCH3 is 1. The Bertz CT molecular complexity index is 620. The number of rotatable bonds is 4. The van der Waals surface area contributed by atoms with Gasteiger partial charge >= 0.3 is 5.97 Å². The van der Waals surface area contributed by atoms with Gasteiger partial charge < -0.3 is 9.64 Å². The zero-order chi connectivity index (χ0) is 14.7. The number of aryl methyl sites for hydroxylation is 1. The second-order valence-corrected chi connectivity index (χ2v) is 5.97. The summed E-state index contributed by atoms with van der Waals surface area (Å²) < 4.78 is 4.84. The SMILES string of the molecule is COC(=O)c1nc(CN(C)C)sc1-c1cccc(C)c1. The summed E-state index contributed by atoms with van der Waals surface area (Å²) in [5.41, 5.74) is 2.56. The van der Waals surface area contributed by atoms with Crippen LogP contribution in [0.15, 0.2) is 24.3 Å². The van der Waals surface area contributed by atoms with E-state index in [1.165, 1.54) is 18.4 Å². The molecule has 2 aromatic rings. The summed E-state index contributed by atoms with van der Waals surface area (Å²) in [6.07, 6.45) is 0. The van der Waals surface area contributed by atoms with Crippen LogP contribution in [0.3, 0.4) is 0 Å². The second-order valence-electron chi connectivity index (χ2n) is 4.88. The molecule has 1 aromatic heterocycles. The molecule has 2 rings (SSSR count). The van der Waals surface area contributed by atoms with Crippen molar-refractivity contribution in [1.29, 1.82) is 0 Å². The van der Waals surface area contributed by atoms with E-state index >= 15 is 0 Å². The summed E-state index contributed by atoms with van der Waals surface area (Å²) >= 11 is 1.54. The van der Waals surface area contributed by atoms with Gasteiger partial charge in [0.25, 0.3) is 0 Å². The molecule has 1 aromatic carbocycles. The fourth-order valence-electron chi connectivity index (χ4n) is 1.92. The second kappa shape index (κ2) is 6.15. The third-order valence-corrected chi connectivity index (χ3v) is 3.87. The highest BCUT2D eigenvalue weighted by Crippen LogP contribution is 2.31. The van der Waals surface area contributed by atoms with Crippen molar-refractivity contribution in [3.05, 3.63) is 40.5 Å². The normalized spacial score (nSPS) is 10.8. The fraction of sp³-hybridized carbons (Fsp3) is 0.333. The maximum atomic E-state index is 11.9. The Morgan fingerprint density at radius 1 is 1.40 bits per heavy atom. The average molecular weight is 290 g/mol. The summed E-state index contributed by atoms with van der Waals surface area (Å²) in [5, 5.41) is 0.909. The number of benzene rings is 1. The molecule has 0 amide bonds. The van der Waals surface area contributed by atoms with E-state index in [1.54, 1.807) is 0 Å². The molecular weight excluding hydrogens is 272 g/mol. The van der Waals surface area contributed by atoms with Crippen molar-refractivity contribution in [2.24, 2.45) is 0 Å². The van der Waals surface area contributed by atoms with Gasteiger partial charge in [-0.15, -0.1) is 11.3 Å². The molecule has 0 fully saturated rings. The number of aromatic nitrogens is 1. The maximum Gasteiger partial charge on any atom is 0.358 e. The molecule has 0 spiro atoms. The molecule has 20 heavy (non-hydrogen) atoms. The van der Waals surface area contributed by atoms with Crippen molar-refractivity contribution in [1.82, 2.24) is 9.88 Å². The van der Waals surface area contributed by atoms with Crippen molar-refractivity contribution in [3.8, 4) is 10.4 Å². The Labute approximate surface area is 123 Å². The van der Waals surface area contributed by atoms with E-state index in [9.17, 15) is 4.79 Å². The zero-order valence-electron chi connectivity index (χ0n) is 12.1. The van der Waals surface area contributed by atoms with E-state index in [1.807, 2.05) is 44.1 Å². The lowest BCUT2D eigenvalue weighted by Gasteiger charge is -2.04. The van der Waals surface area contributed by atoms with Crippen LogP contribution in [0, 0.1) is 6.92 Å². The predicted molar refractivity (Wildman–Crippen MR) is 81.0 cm³/mol. The minimum Gasteiger partial charge on any atom is -0.464 e. The summed E-state index contributed by atoms with van der Waals surface area (Å²) in [6.45, 7) is 2.74. The average Bonchev–Trinajstić information content (AvgIpc) is 2.81. The number of hydrogen-bond donors (Lipinski definition) is 0. The van der Waals surface area contributed by atoms with Crippen LogP contribution in [0.1, 0.15) is 21.1 Å². The van der Waals surface area contributed by atoms with Gasteiger partial charge in [0.05, 0.1) is 12.0 Å². The monoisotopic (exact) mass is 290 g/mol. The Hall–Kier alpha value is -1.72. The molecule has 106 valence electrons. The van der Waals surface area contributed by atoms with E-state index in [4.69, 9.17) is 4.74 Å². The van der Waals surface area contributed by atoms with E-state index in [0.717, 1.165) is 21.0 Å². The third-order valence-electron chi connectivity index (χ3n) is 2.78. The number of carbonyl (C=O) groups is 1. The molecule has 0 N–H and O–H groups in total. The molecule has 5 heteroatoms. The van der Waals surface area contributed by atoms with Crippen LogP contribution in [-0.4, -0.2) is 37.1 Å². The van der Waals surface area contributed by atoms with Gasteiger partial charge in [0.2, 0.25) is 0 Å². The summed E-state index contributed by atoms with van der Waals surface area (Å²) in [4.78, 5) is 19.2. The topological polar surface area (TPSA) is 42.4 Å². The third kappa shape index (κ3) is 3.23. The molecule has 0 unspecified atom stereocenters. The molecule has 0 aliphatic heterocycles. The number of esters is 1. The highest BCUT2D eigenvalue weighted by molar-refractivity contribution is 7.15. The van der Waals surface area contributed by atoms with Crippen LogP contribution in [0.25, 0.3) is 10.4 Å². The molecule has 0 aliphatic carbocycles. The standard InChI is InChI=1S/C15H18N2O2S/c1-10-6-5-7-11(8-10)14-13(15(18)19-4)16-12(20-14)9-17(2)3/h5-8H,9H2,1-4H3. The number of carbonyl (C=O) groups excluding carboxylic acids is 1. The minimum atomic E-state index is -0.386.